The molecule has 1 aromatic carbocycles. The molecule has 0 aliphatic rings. The molecule has 2 nitrogen and oxygen atoms in total. The van der Waals surface area contributed by atoms with Gasteiger partial charge in [0.25, 0.3) is 0 Å². The van der Waals surface area contributed by atoms with E-state index in [1.807, 2.05) is 66.3 Å². The van der Waals surface area contributed by atoms with Gasteiger partial charge in [0.15, 0.2) is 12.4 Å². The summed E-state index contributed by atoms with van der Waals surface area (Å²) in [6.07, 6.45) is 6.24. The average molecular weight is 224 g/mol. The molecule has 17 heavy (non-hydrogen) atoms. The molecule has 0 spiro atoms. The monoisotopic (exact) mass is 224 g/mol. The lowest BCUT2D eigenvalue weighted by Gasteiger charge is -2.01. The quantitative estimate of drug-likeness (QED) is 0.445. The van der Waals surface area contributed by atoms with Crippen molar-refractivity contribution in [2.24, 2.45) is 0 Å². The summed E-state index contributed by atoms with van der Waals surface area (Å²) < 4.78 is 1.93. The number of carbonyl (C=O) groups is 1. The largest absolute Gasteiger partial charge is 0.298 e. The van der Waals surface area contributed by atoms with Crippen LogP contribution in [0.3, 0.4) is 0 Å². The van der Waals surface area contributed by atoms with Crippen molar-refractivity contribution >= 4 is 12.0 Å². The number of nitrogens with zero attached hydrogens (tertiary/aromatic N) is 1. The molecule has 2 heteroatoms. The predicted molar refractivity (Wildman–Crippen MR) is 67.3 cm³/mol. The predicted octanol–water partition coefficient (Wildman–Crippen LogP) is 2.37. The van der Waals surface area contributed by atoms with Gasteiger partial charge >= 0.3 is 0 Å². The number of pyridine rings is 1. The molecular weight excluding hydrogens is 210 g/mol. The minimum absolute atomic E-state index is 0.815. The number of hydrogen-bond donors (Lipinski definition) is 0. The zero-order valence-electron chi connectivity index (χ0n) is 9.71. The van der Waals surface area contributed by atoms with E-state index >= 15 is 0 Å². The third kappa shape index (κ3) is 2.67. The average Bonchev–Trinajstić information content (AvgIpc) is 2.38. The molecule has 2 aromatic rings. The van der Waals surface area contributed by atoms with Crippen molar-refractivity contribution in [3.63, 3.8) is 0 Å². The lowest BCUT2D eigenvalue weighted by molar-refractivity contribution is -0.579. The molecule has 0 aliphatic heterocycles. The number of aldehydes is 1. The second-order valence-corrected chi connectivity index (χ2v) is 3.84. The zero-order chi connectivity index (χ0) is 12.1. The van der Waals surface area contributed by atoms with Crippen molar-refractivity contribution in [2.75, 3.05) is 0 Å². The van der Waals surface area contributed by atoms with E-state index in [-0.39, 0.29) is 0 Å². The maximum Gasteiger partial charge on any atom is 0.221 e. The maximum absolute atomic E-state index is 10.7. The van der Waals surface area contributed by atoms with Crippen molar-refractivity contribution in [3.05, 3.63) is 72.1 Å². The van der Waals surface area contributed by atoms with Crippen molar-refractivity contribution in [1.82, 2.24) is 0 Å². The third-order valence-corrected chi connectivity index (χ3v) is 2.57. The summed E-state index contributed by atoms with van der Waals surface area (Å²) in [5.41, 5.74) is 3.11. The van der Waals surface area contributed by atoms with Crippen LogP contribution in [-0.2, 0) is 4.79 Å². The van der Waals surface area contributed by atoms with Crippen molar-refractivity contribution in [2.45, 2.75) is 6.92 Å². The standard InChI is InChI=1S/C15H14NO/c1-13-5-7-14(8-6-13)15(9-12-17)16-10-3-2-4-11-16/h2-12H,1H3/q+1. The molecule has 0 saturated carbocycles. The minimum atomic E-state index is 0.815. The zero-order valence-corrected chi connectivity index (χ0v) is 9.71. The number of carbonyl (C=O) groups excluding carboxylic acids is 1. The van der Waals surface area contributed by atoms with E-state index in [1.165, 1.54) is 5.56 Å². The Morgan fingerprint density at radius 2 is 1.71 bits per heavy atom. The summed E-state index contributed by atoms with van der Waals surface area (Å²) in [5.74, 6) is 0. The highest BCUT2D eigenvalue weighted by molar-refractivity contribution is 5.77. The molecule has 0 amide bonds. The van der Waals surface area contributed by atoms with E-state index in [1.54, 1.807) is 6.08 Å². The van der Waals surface area contributed by atoms with Gasteiger partial charge in [-0.15, -0.1) is 0 Å². The molecule has 2 rings (SSSR count). The topological polar surface area (TPSA) is 20.9 Å². The Hall–Kier alpha value is -2.22. The SMILES string of the molecule is Cc1ccc(C(=CC=O)[n+]2ccccc2)cc1. The second-order valence-electron chi connectivity index (χ2n) is 3.84. The summed E-state index contributed by atoms with van der Waals surface area (Å²) >= 11 is 0. The van der Waals surface area contributed by atoms with E-state index in [2.05, 4.69) is 0 Å². The summed E-state index contributed by atoms with van der Waals surface area (Å²) in [6.45, 7) is 2.04. The van der Waals surface area contributed by atoms with E-state index < -0.39 is 0 Å². The highest BCUT2D eigenvalue weighted by atomic mass is 16.1. The van der Waals surface area contributed by atoms with Gasteiger partial charge in [-0.25, -0.2) is 0 Å². The van der Waals surface area contributed by atoms with Gasteiger partial charge in [0.2, 0.25) is 5.70 Å². The van der Waals surface area contributed by atoms with Crippen LogP contribution in [0, 0.1) is 6.92 Å². The van der Waals surface area contributed by atoms with Crippen LogP contribution in [0.2, 0.25) is 0 Å². The van der Waals surface area contributed by atoms with E-state index in [0.29, 0.717) is 0 Å². The number of aryl methyl sites for hydroxylation is 1. The summed E-state index contributed by atoms with van der Waals surface area (Å²) in [6, 6.07) is 13.9. The van der Waals surface area contributed by atoms with Crippen molar-refractivity contribution < 1.29 is 9.36 Å². The summed E-state index contributed by atoms with van der Waals surface area (Å²) in [5, 5.41) is 0. The van der Waals surface area contributed by atoms with Gasteiger partial charge in [0, 0.05) is 17.7 Å². The highest BCUT2D eigenvalue weighted by Crippen LogP contribution is 2.11. The highest BCUT2D eigenvalue weighted by Gasteiger charge is 2.11. The molecule has 0 atom stereocenters. The van der Waals surface area contributed by atoms with Crippen LogP contribution in [-0.4, -0.2) is 6.29 Å². The lowest BCUT2D eigenvalue weighted by atomic mass is 10.1. The fourth-order valence-electron chi connectivity index (χ4n) is 1.68. The third-order valence-electron chi connectivity index (χ3n) is 2.57. The molecule has 0 bridgehead atoms. The molecule has 0 fully saturated rings. The molecule has 0 unspecified atom stereocenters. The minimum Gasteiger partial charge on any atom is -0.298 e. The van der Waals surface area contributed by atoms with E-state index in [0.717, 1.165) is 17.5 Å². The lowest BCUT2D eigenvalue weighted by Crippen LogP contribution is -2.31. The molecule has 0 saturated heterocycles. The Morgan fingerprint density at radius 1 is 1.06 bits per heavy atom. The van der Waals surface area contributed by atoms with Crippen LogP contribution in [0.1, 0.15) is 11.1 Å². The number of hydrogen-bond acceptors (Lipinski definition) is 1. The summed E-state index contributed by atoms with van der Waals surface area (Å²) in [7, 11) is 0. The van der Waals surface area contributed by atoms with Crippen LogP contribution >= 0.6 is 0 Å². The first kappa shape index (κ1) is 11.3. The molecule has 1 aromatic heterocycles. The Kier molecular flexibility index (Phi) is 3.46. The first-order chi connectivity index (χ1) is 8.31. The van der Waals surface area contributed by atoms with Crippen molar-refractivity contribution in [3.8, 4) is 0 Å². The first-order valence-corrected chi connectivity index (χ1v) is 5.50. The van der Waals surface area contributed by atoms with Gasteiger partial charge in [0.05, 0.1) is 6.08 Å². The number of rotatable bonds is 3. The van der Waals surface area contributed by atoms with Crippen LogP contribution < -0.4 is 4.57 Å². The smallest absolute Gasteiger partial charge is 0.221 e. The molecular formula is C15H14NO+. The van der Waals surface area contributed by atoms with Gasteiger partial charge in [-0.2, -0.15) is 4.57 Å². The fourth-order valence-corrected chi connectivity index (χ4v) is 1.68. The Bertz CT molecular complexity index is 527. The second kappa shape index (κ2) is 5.21. The van der Waals surface area contributed by atoms with Crippen LogP contribution in [0.15, 0.2) is 60.9 Å². The molecule has 0 N–H and O–H groups in total. The Morgan fingerprint density at radius 3 is 2.29 bits per heavy atom. The number of allylic oxidation sites excluding steroid dienone is 1. The number of benzene rings is 1. The van der Waals surface area contributed by atoms with Gasteiger partial charge in [0.1, 0.15) is 6.29 Å². The maximum atomic E-state index is 10.7. The van der Waals surface area contributed by atoms with Crippen molar-refractivity contribution in [1.29, 1.82) is 0 Å². The normalized spacial score (nSPS) is 11.2. The van der Waals surface area contributed by atoms with E-state index in [9.17, 15) is 4.79 Å². The summed E-state index contributed by atoms with van der Waals surface area (Å²) in [4.78, 5) is 10.7. The van der Waals surface area contributed by atoms with Gasteiger partial charge < -0.3 is 0 Å². The van der Waals surface area contributed by atoms with Crippen LogP contribution in [0.5, 0.6) is 0 Å². The molecule has 0 aliphatic carbocycles. The molecule has 84 valence electrons. The van der Waals surface area contributed by atoms with Gasteiger partial charge in [-0.05, 0) is 19.1 Å². The van der Waals surface area contributed by atoms with E-state index in [4.69, 9.17) is 0 Å². The van der Waals surface area contributed by atoms with Gasteiger partial charge in [-0.1, -0.05) is 23.8 Å². The Labute approximate surface area is 101 Å². The fraction of sp³-hybridized carbons (Fsp3) is 0.0667. The first-order valence-electron chi connectivity index (χ1n) is 5.50. The molecule has 1 heterocycles. The van der Waals surface area contributed by atoms with Gasteiger partial charge in [-0.3, -0.25) is 4.79 Å². The molecule has 0 radical (unpaired) electrons. The number of aromatic nitrogens is 1. The van der Waals surface area contributed by atoms with Crippen LogP contribution in [0.4, 0.5) is 0 Å². The Balaban J connectivity index is 2.47. The van der Waals surface area contributed by atoms with Crippen LogP contribution in [0.25, 0.3) is 5.70 Å².